The molecule has 0 amide bonds. The van der Waals surface area contributed by atoms with Gasteiger partial charge in [0.2, 0.25) is 0 Å². The highest BCUT2D eigenvalue weighted by Gasteiger charge is 2.31. The minimum Gasteiger partial charge on any atom is -0.375 e. The van der Waals surface area contributed by atoms with Crippen LogP contribution < -0.4 is 0 Å². The third kappa shape index (κ3) is 2.48. The topological polar surface area (TPSA) is 9.23 Å². The summed E-state index contributed by atoms with van der Waals surface area (Å²) >= 11 is 0. The van der Waals surface area contributed by atoms with Crippen LogP contribution in [-0.2, 0) is 4.74 Å². The van der Waals surface area contributed by atoms with Crippen LogP contribution >= 0.6 is 0 Å². The molecule has 1 unspecified atom stereocenters. The summed E-state index contributed by atoms with van der Waals surface area (Å²) in [5, 5.41) is 0. The maximum absolute atomic E-state index is 5.88. The van der Waals surface area contributed by atoms with Gasteiger partial charge in [0.05, 0.1) is 5.60 Å². The van der Waals surface area contributed by atoms with E-state index in [0.29, 0.717) is 5.92 Å². The summed E-state index contributed by atoms with van der Waals surface area (Å²) < 4.78 is 5.88. The zero-order valence-corrected chi connectivity index (χ0v) is 9.31. The lowest BCUT2D eigenvalue weighted by Gasteiger charge is -2.37. The molecule has 0 radical (unpaired) electrons. The van der Waals surface area contributed by atoms with Crippen LogP contribution in [0, 0.1) is 5.92 Å². The Morgan fingerprint density at radius 1 is 1.08 bits per heavy atom. The predicted octanol–water partition coefficient (Wildman–Crippen LogP) is 3.63. The van der Waals surface area contributed by atoms with Gasteiger partial charge in [-0.15, -0.1) is 0 Å². The molecule has 1 atom stereocenters. The average molecular weight is 172 g/mol. The molecule has 0 aromatic carbocycles. The fourth-order valence-corrected chi connectivity index (χ4v) is 1.95. The van der Waals surface area contributed by atoms with Crippen LogP contribution in [0.4, 0.5) is 0 Å². The van der Waals surface area contributed by atoms with Crippen LogP contribution in [0.25, 0.3) is 0 Å². The Balaban J connectivity index is 4.33. The third-order valence-corrected chi connectivity index (χ3v) is 3.14. The van der Waals surface area contributed by atoms with E-state index < -0.39 is 0 Å². The van der Waals surface area contributed by atoms with Crippen LogP contribution in [0.15, 0.2) is 0 Å². The fraction of sp³-hybridized carbons (Fsp3) is 1.00. The molecule has 0 aromatic rings. The molecular formula is C11H24O. The Bertz CT molecular complexity index is 106. The first-order valence-electron chi connectivity index (χ1n) is 5.30. The molecule has 0 bridgehead atoms. The fourth-order valence-electron chi connectivity index (χ4n) is 1.95. The van der Waals surface area contributed by atoms with E-state index in [-0.39, 0.29) is 5.60 Å². The third-order valence-electron chi connectivity index (χ3n) is 3.14. The Hall–Kier alpha value is -0.0400. The van der Waals surface area contributed by atoms with Crippen molar-refractivity contribution < 1.29 is 4.74 Å². The van der Waals surface area contributed by atoms with Gasteiger partial charge in [0, 0.05) is 6.61 Å². The number of hydrogen-bond acceptors (Lipinski definition) is 1. The van der Waals surface area contributed by atoms with E-state index >= 15 is 0 Å². The largest absolute Gasteiger partial charge is 0.375 e. The van der Waals surface area contributed by atoms with Crippen LogP contribution in [0.2, 0.25) is 0 Å². The van der Waals surface area contributed by atoms with Crippen molar-refractivity contribution in [2.24, 2.45) is 5.92 Å². The van der Waals surface area contributed by atoms with Gasteiger partial charge in [0.25, 0.3) is 0 Å². The van der Waals surface area contributed by atoms with E-state index in [1.807, 2.05) is 0 Å². The van der Waals surface area contributed by atoms with Gasteiger partial charge in [-0.1, -0.05) is 34.1 Å². The zero-order chi connectivity index (χ0) is 9.61. The standard InChI is InChI=1S/C11H24O/c1-6-10(5)11(7-2,8-3)12-9-4/h10H,6-9H2,1-5H3. The summed E-state index contributed by atoms with van der Waals surface area (Å²) in [6.07, 6.45) is 3.47. The van der Waals surface area contributed by atoms with Crippen molar-refractivity contribution in [2.75, 3.05) is 6.61 Å². The quantitative estimate of drug-likeness (QED) is 0.594. The van der Waals surface area contributed by atoms with E-state index in [4.69, 9.17) is 4.74 Å². The molecule has 0 saturated carbocycles. The van der Waals surface area contributed by atoms with Gasteiger partial charge in [-0.25, -0.2) is 0 Å². The first-order valence-corrected chi connectivity index (χ1v) is 5.30. The van der Waals surface area contributed by atoms with Gasteiger partial charge in [0.1, 0.15) is 0 Å². The van der Waals surface area contributed by atoms with Gasteiger partial charge in [-0.3, -0.25) is 0 Å². The molecule has 0 spiro atoms. The molecule has 12 heavy (non-hydrogen) atoms. The van der Waals surface area contributed by atoms with Gasteiger partial charge >= 0.3 is 0 Å². The van der Waals surface area contributed by atoms with Crippen LogP contribution in [0.1, 0.15) is 53.9 Å². The second-order valence-electron chi connectivity index (χ2n) is 3.51. The van der Waals surface area contributed by atoms with Gasteiger partial charge < -0.3 is 4.74 Å². The molecule has 0 aliphatic carbocycles. The summed E-state index contributed by atoms with van der Waals surface area (Å²) in [4.78, 5) is 0. The highest BCUT2D eigenvalue weighted by Crippen LogP contribution is 2.31. The van der Waals surface area contributed by atoms with Crippen molar-refractivity contribution >= 4 is 0 Å². The predicted molar refractivity (Wildman–Crippen MR) is 54.4 cm³/mol. The number of rotatable bonds is 6. The minimum atomic E-state index is 0.142. The van der Waals surface area contributed by atoms with Crippen molar-refractivity contribution in [1.29, 1.82) is 0 Å². The van der Waals surface area contributed by atoms with Crippen molar-refractivity contribution in [1.82, 2.24) is 0 Å². The lowest BCUT2D eigenvalue weighted by Crippen LogP contribution is -2.38. The monoisotopic (exact) mass is 172 g/mol. The highest BCUT2D eigenvalue weighted by atomic mass is 16.5. The van der Waals surface area contributed by atoms with Crippen molar-refractivity contribution in [3.8, 4) is 0 Å². The van der Waals surface area contributed by atoms with Crippen molar-refractivity contribution in [3.05, 3.63) is 0 Å². The van der Waals surface area contributed by atoms with Crippen LogP contribution in [0.5, 0.6) is 0 Å². The van der Waals surface area contributed by atoms with Gasteiger partial charge in [-0.05, 0) is 25.7 Å². The Morgan fingerprint density at radius 3 is 1.83 bits per heavy atom. The normalized spacial score (nSPS) is 14.8. The smallest absolute Gasteiger partial charge is 0.0702 e. The first-order chi connectivity index (χ1) is 5.66. The molecule has 74 valence electrons. The SMILES string of the molecule is CCOC(CC)(CC)C(C)CC. The lowest BCUT2D eigenvalue weighted by atomic mass is 9.82. The molecule has 0 rings (SSSR count). The molecule has 0 aromatic heterocycles. The molecule has 0 N–H and O–H groups in total. The molecule has 0 saturated heterocycles. The van der Waals surface area contributed by atoms with Crippen molar-refractivity contribution in [3.63, 3.8) is 0 Å². The van der Waals surface area contributed by atoms with Crippen LogP contribution in [0.3, 0.4) is 0 Å². The number of ether oxygens (including phenoxy) is 1. The molecule has 0 fully saturated rings. The zero-order valence-electron chi connectivity index (χ0n) is 9.31. The lowest BCUT2D eigenvalue weighted by molar-refractivity contribution is -0.0840. The summed E-state index contributed by atoms with van der Waals surface area (Å²) in [5.41, 5.74) is 0.142. The first kappa shape index (κ1) is 12.0. The molecule has 0 heterocycles. The maximum Gasteiger partial charge on any atom is 0.0702 e. The molecule has 1 heteroatoms. The van der Waals surface area contributed by atoms with E-state index in [1.165, 1.54) is 6.42 Å². The minimum absolute atomic E-state index is 0.142. The summed E-state index contributed by atoms with van der Waals surface area (Å²) in [6, 6.07) is 0. The van der Waals surface area contributed by atoms with Crippen LogP contribution in [-0.4, -0.2) is 12.2 Å². The van der Waals surface area contributed by atoms with E-state index in [1.54, 1.807) is 0 Å². The highest BCUT2D eigenvalue weighted by molar-refractivity contribution is 4.82. The Morgan fingerprint density at radius 2 is 1.58 bits per heavy atom. The molecule has 0 aliphatic rings. The van der Waals surface area contributed by atoms with E-state index in [0.717, 1.165) is 19.4 Å². The molecule has 1 nitrogen and oxygen atoms in total. The second kappa shape index (κ2) is 5.58. The molecular weight excluding hydrogens is 148 g/mol. The van der Waals surface area contributed by atoms with E-state index in [9.17, 15) is 0 Å². The average Bonchev–Trinajstić information content (AvgIpc) is 2.13. The van der Waals surface area contributed by atoms with Gasteiger partial charge in [-0.2, -0.15) is 0 Å². The molecule has 0 aliphatic heterocycles. The number of hydrogen-bond donors (Lipinski definition) is 0. The van der Waals surface area contributed by atoms with Gasteiger partial charge in [0.15, 0.2) is 0 Å². The summed E-state index contributed by atoms with van der Waals surface area (Å²) in [7, 11) is 0. The Labute approximate surface area is 77.5 Å². The second-order valence-corrected chi connectivity index (χ2v) is 3.51. The Kier molecular flexibility index (Phi) is 5.56. The summed E-state index contributed by atoms with van der Waals surface area (Å²) in [5.74, 6) is 0.674. The maximum atomic E-state index is 5.88. The van der Waals surface area contributed by atoms with Crippen molar-refractivity contribution in [2.45, 2.75) is 59.5 Å². The summed E-state index contributed by atoms with van der Waals surface area (Å²) in [6.45, 7) is 11.9. The van der Waals surface area contributed by atoms with E-state index in [2.05, 4.69) is 34.6 Å².